The summed E-state index contributed by atoms with van der Waals surface area (Å²) in [4.78, 5) is 0. The standard InChI is InChI=1S/C12H17NO/c1-2-9-4-3-5-10-6-7-11(8-14)13-12(9)10/h3-5,11,13-14H,2,6-8H2,1H3/t11-/m0/s1. The Hall–Kier alpha value is -1.02. The second kappa shape index (κ2) is 4.01. The molecule has 1 aromatic rings. The molecule has 0 aromatic heterocycles. The topological polar surface area (TPSA) is 32.3 Å². The summed E-state index contributed by atoms with van der Waals surface area (Å²) in [6.07, 6.45) is 3.17. The van der Waals surface area contributed by atoms with Crippen molar-refractivity contribution in [3.8, 4) is 0 Å². The number of nitrogens with one attached hydrogen (secondary N) is 1. The van der Waals surface area contributed by atoms with Gasteiger partial charge in [0.25, 0.3) is 0 Å². The van der Waals surface area contributed by atoms with Crippen LogP contribution in [-0.2, 0) is 12.8 Å². The summed E-state index contributed by atoms with van der Waals surface area (Å²) >= 11 is 0. The van der Waals surface area contributed by atoms with Crippen LogP contribution in [0.2, 0.25) is 0 Å². The van der Waals surface area contributed by atoms with E-state index in [1.807, 2.05) is 0 Å². The summed E-state index contributed by atoms with van der Waals surface area (Å²) in [5.74, 6) is 0. The predicted octanol–water partition coefficient (Wildman–Crippen LogP) is 1.97. The van der Waals surface area contributed by atoms with Gasteiger partial charge in [-0.05, 0) is 30.4 Å². The highest BCUT2D eigenvalue weighted by atomic mass is 16.3. The second-order valence-corrected chi connectivity index (χ2v) is 3.87. The van der Waals surface area contributed by atoms with E-state index >= 15 is 0 Å². The van der Waals surface area contributed by atoms with Crippen molar-refractivity contribution in [2.24, 2.45) is 0 Å². The molecule has 0 bridgehead atoms. The maximum absolute atomic E-state index is 9.12. The Morgan fingerprint density at radius 1 is 1.50 bits per heavy atom. The van der Waals surface area contributed by atoms with Gasteiger partial charge in [0.05, 0.1) is 6.61 Å². The lowest BCUT2D eigenvalue weighted by Crippen LogP contribution is -2.29. The number of aliphatic hydroxyl groups is 1. The number of para-hydroxylation sites is 1. The van der Waals surface area contributed by atoms with Gasteiger partial charge in [0.15, 0.2) is 0 Å². The van der Waals surface area contributed by atoms with Crippen LogP contribution in [-0.4, -0.2) is 17.8 Å². The number of rotatable bonds is 2. The number of fused-ring (bicyclic) bond motifs is 1. The fraction of sp³-hybridized carbons (Fsp3) is 0.500. The zero-order valence-electron chi connectivity index (χ0n) is 8.59. The molecule has 1 heterocycles. The van der Waals surface area contributed by atoms with E-state index in [9.17, 15) is 0 Å². The molecule has 1 atom stereocenters. The van der Waals surface area contributed by atoms with Crippen molar-refractivity contribution < 1.29 is 5.11 Å². The summed E-state index contributed by atoms with van der Waals surface area (Å²) < 4.78 is 0. The molecule has 2 rings (SSSR count). The third-order valence-corrected chi connectivity index (χ3v) is 2.95. The van der Waals surface area contributed by atoms with Crippen molar-refractivity contribution in [2.45, 2.75) is 32.2 Å². The van der Waals surface area contributed by atoms with E-state index in [1.54, 1.807) is 0 Å². The number of anilines is 1. The van der Waals surface area contributed by atoms with Crippen molar-refractivity contribution >= 4 is 5.69 Å². The van der Waals surface area contributed by atoms with Crippen LogP contribution in [0.5, 0.6) is 0 Å². The minimum atomic E-state index is 0.234. The van der Waals surface area contributed by atoms with Crippen molar-refractivity contribution in [3.05, 3.63) is 29.3 Å². The van der Waals surface area contributed by atoms with Crippen LogP contribution in [0.3, 0.4) is 0 Å². The fourth-order valence-corrected chi connectivity index (χ4v) is 2.08. The van der Waals surface area contributed by atoms with Crippen LogP contribution in [0.25, 0.3) is 0 Å². The maximum Gasteiger partial charge on any atom is 0.0632 e. The molecule has 1 aliphatic rings. The average Bonchev–Trinajstić information content (AvgIpc) is 2.27. The van der Waals surface area contributed by atoms with E-state index < -0.39 is 0 Å². The third kappa shape index (κ3) is 1.62. The van der Waals surface area contributed by atoms with E-state index in [4.69, 9.17) is 5.11 Å². The summed E-state index contributed by atoms with van der Waals surface area (Å²) in [5.41, 5.74) is 4.02. The average molecular weight is 191 g/mol. The zero-order valence-corrected chi connectivity index (χ0v) is 8.59. The molecule has 1 aliphatic heterocycles. The van der Waals surface area contributed by atoms with Gasteiger partial charge in [-0.2, -0.15) is 0 Å². The highest BCUT2D eigenvalue weighted by molar-refractivity contribution is 5.60. The predicted molar refractivity (Wildman–Crippen MR) is 58.6 cm³/mol. The minimum absolute atomic E-state index is 0.234. The number of aryl methyl sites for hydroxylation is 2. The number of benzene rings is 1. The fourth-order valence-electron chi connectivity index (χ4n) is 2.08. The minimum Gasteiger partial charge on any atom is -0.394 e. The van der Waals surface area contributed by atoms with Gasteiger partial charge in [0.2, 0.25) is 0 Å². The van der Waals surface area contributed by atoms with Crippen molar-refractivity contribution in [1.29, 1.82) is 0 Å². The molecule has 0 radical (unpaired) electrons. The van der Waals surface area contributed by atoms with Gasteiger partial charge < -0.3 is 10.4 Å². The largest absolute Gasteiger partial charge is 0.394 e. The second-order valence-electron chi connectivity index (χ2n) is 3.87. The summed E-state index contributed by atoms with van der Waals surface area (Å²) in [5, 5.41) is 12.5. The molecule has 0 unspecified atom stereocenters. The zero-order chi connectivity index (χ0) is 9.97. The van der Waals surface area contributed by atoms with Crippen LogP contribution < -0.4 is 5.32 Å². The SMILES string of the molecule is CCc1cccc2c1N[C@H](CO)CC2. The number of hydrogen-bond donors (Lipinski definition) is 2. The first-order valence-corrected chi connectivity index (χ1v) is 5.33. The van der Waals surface area contributed by atoms with Crippen LogP contribution in [0.15, 0.2) is 18.2 Å². The van der Waals surface area contributed by atoms with E-state index in [0.717, 1.165) is 19.3 Å². The Labute approximate surface area is 85.0 Å². The molecule has 2 N–H and O–H groups in total. The molecule has 76 valence electrons. The smallest absolute Gasteiger partial charge is 0.0632 e. The van der Waals surface area contributed by atoms with Gasteiger partial charge in [0.1, 0.15) is 0 Å². The number of hydrogen-bond acceptors (Lipinski definition) is 2. The maximum atomic E-state index is 9.12. The molecule has 0 spiro atoms. The Morgan fingerprint density at radius 3 is 3.07 bits per heavy atom. The van der Waals surface area contributed by atoms with Crippen molar-refractivity contribution in [3.63, 3.8) is 0 Å². The number of aliphatic hydroxyl groups excluding tert-OH is 1. The molecular weight excluding hydrogens is 174 g/mol. The Bertz CT molecular complexity index is 308. The molecule has 0 aliphatic carbocycles. The molecule has 2 heteroatoms. The monoisotopic (exact) mass is 191 g/mol. The molecule has 0 amide bonds. The highest BCUT2D eigenvalue weighted by Crippen LogP contribution is 2.28. The van der Waals surface area contributed by atoms with Gasteiger partial charge in [-0.15, -0.1) is 0 Å². The summed E-state index contributed by atoms with van der Waals surface area (Å²) in [6.45, 7) is 2.40. The molecule has 1 aromatic carbocycles. The van der Waals surface area contributed by atoms with E-state index in [-0.39, 0.29) is 12.6 Å². The first kappa shape index (κ1) is 9.53. The Kier molecular flexibility index (Phi) is 2.73. The Morgan fingerprint density at radius 2 is 2.36 bits per heavy atom. The van der Waals surface area contributed by atoms with Gasteiger partial charge in [0, 0.05) is 11.7 Å². The molecule has 0 fully saturated rings. The Balaban J connectivity index is 2.33. The van der Waals surface area contributed by atoms with Gasteiger partial charge in [-0.1, -0.05) is 25.1 Å². The molecule has 2 nitrogen and oxygen atoms in total. The van der Waals surface area contributed by atoms with Crippen LogP contribution >= 0.6 is 0 Å². The van der Waals surface area contributed by atoms with Gasteiger partial charge in [-0.3, -0.25) is 0 Å². The lowest BCUT2D eigenvalue weighted by molar-refractivity contribution is 0.267. The van der Waals surface area contributed by atoms with Crippen LogP contribution in [0.1, 0.15) is 24.5 Å². The quantitative estimate of drug-likeness (QED) is 0.749. The summed E-state index contributed by atoms with van der Waals surface area (Å²) in [7, 11) is 0. The van der Waals surface area contributed by atoms with Gasteiger partial charge >= 0.3 is 0 Å². The molecule has 0 saturated carbocycles. The molecule has 14 heavy (non-hydrogen) atoms. The van der Waals surface area contributed by atoms with E-state index in [0.29, 0.717) is 0 Å². The molecule has 0 saturated heterocycles. The third-order valence-electron chi connectivity index (χ3n) is 2.95. The van der Waals surface area contributed by atoms with Crippen LogP contribution in [0.4, 0.5) is 5.69 Å². The van der Waals surface area contributed by atoms with Crippen molar-refractivity contribution in [2.75, 3.05) is 11.9 Å². The summed E-state index contributed by atoms with van der Waals surface area (Å²) in [6, 6.07) is 6.70. The molecular formula is C12H17NO. The normalized spacial score (nSPS) is 20.0. The first-order valence-electron chi connectivity index (χ1n) is 5.33. The lowest BCUT2D eigenvalue weighted by Gasteiger charge is -2.27. The first-order chi connectivity index (χ1) is 6.85. The van der Waals surface area contributed by atoms with Gasteiger partial charge in [-0.25, -0.2) is 0 Å². The van der Waals surface area contributed by atoms with E-state index in [2.05, 4.69) is 30.4 Å². The lowest BCUT2D eigenvalue weighted by atomic mass is 9.94. The van der Waals surface area contributed by atoms with Crippen LogP contribution in [0, 0.1) is 0 Å². The van der Waals surface area contributed by atoms with E-state index in [1.165, 1.54) is 16.8 Å². The highest BCUT2D eigenvalue weighted by Gasteiger charge is 2.18. The van der Waals surface area contributed by atoms with Crippen molar-refractivity contribution in [1.82, 2.24) is 0 Å².